The molecule has 0 aliphatic rings. The van der Waals surface area contributed by atoms with E-state index >= 15 is 0 Å². The smallest absolute Gasteiger partial charge is 0.358 e. The van der Waals surface area contributed by atoms with E-state index in [9.17, 15) is 19.3 Å². The van der Waals surface area contributed by atoms with Crippen LogP contribution in [0.2, 0.25) is 5.02 Å². The van der Waals surface area contributed by atoms with Gasteiger partial charge in [0.05, 0.1) is 6.54 Å². The summed E-state index contributed by atoms with van der Waals surface area (Å²) in [5.74, 6) is -1.82. The van der Waals surface area contributed by atoms with Crippen LogP contribution >= 0.6 is 11.6 Å². The zero-order valence-corrected chi connectivity index (χ0v) is 13.1. The molecule has 12 heteroatoms. The van der Waals surface area contributed by atoms with Crippen LogP contribution in [-0.2, 0) is 6.54 Å². The number of anilines is 1. The fourth-order valence-electron chi connectivity index (χ4n) is 2.00. The van der Waals surface area contributed by atoms with Gasteiger partial charge in [-0.15, -0.1) is 10.2 Å². The lowest BCUT2D eigenvalue weighted by molar-refractivity contribution is -0.389. The summed E-state index contributed by atoms with van der Waals surface area (Å²) in [5, 5.41) is 22.2. The summed E-state index contributed by atoms with van der Waals surface area (Å²) in [6.45, 7) is 0.245. The third-order valence-electron chi connectivity index (χ3n) is 3.08. The highest BCUT2D eigenvalue weighted by Gasteiger charge is 2.25. The Bertz CT molecular complexity index is 955. The third kappa shape index (κ3) is 3.61. The van der Waals surface area contributed by atoms with Gasteiger partial charge in [-0.05, 0) is 22.6 Å². The lowest BCUT2D eigenvalue weighted by atomic mass is 10.2. The quantitative estimate of drug-likeness (QED) is 0.525. The predicted octanol–water partition coefficient (Wildman–Crippen LogP) is 2.00. The first-order valence-corrected chi connectivity index (χ1v) is 7.15. The van der Waals surface area contributed by atoms with Crippen molar-refractivity contribution in [2.24, 2.45) is 0 Å². The Balaban J connectivity index is 1.71. The molecule has 3 rings (SSSR count). The summed E-state index contributed by atoms with van der Waals surface area (Å²) in [7, 11) is 0. The Labute approximate surface area is 143 Å². The fourth-order valence-corrected chi connectivity index (χ4v) is 2.24. The van der Waals surface area contributed by atoms with Crippen molar-refractivity contribution < 1.29 is 14.1 Å². The van der Waals surface area contributed by atoms with Gasteiger partial charge in [0.15, 0.2) is 10.7 Å². The van der Waals surface area contributed by atoms with Crippen molar-refractivity contribution in [1.82, 2.24) is 25.0 Å². The van der Waals surface area contributed by atoms with Crippen LogP contribution in [0.15, 0.2) is 30.6 Å². The fraction of sp³-hybridized carbons (Fsp3) is 0.0769. The molecular weight excluding hydrogens is 357 g/mol. The standard InChI is InChI=1S/C13H9ClFN7O3/c14-9-10(18-19-11(9)22(24)25)12(23)17-13-16-6-21(20-13)5-7-2-1-3-8(15)4-7/h1-4,6H,5H2,(H,18,19)(H,17,20,23). The first-order chi connectivity index (χ1) is 11.9. The molecule has 0 radical (unpaired) electrons. The van der Waals surface area contributed by atoms with E-state index in [1.165, 1.54) is 23.1 Å². The Morgan fingerprint density at radius 3 is 2.96 bits per heavy atom. The maximum atomic E-state index is 13.2. The number of hydrogen-bond acceptors (Lipinski definition) is 6. The Morgan fingerprint density at radius 2 is 2.28 bits per heavy atom. The van der Waals surface area contributed by atoms with E-state index < -0.39 is 21.7 Å². The minimum Gasteiger partial charge on any atom is -0.358 e. The van der Waals surface area contributed by atoms with Crippen molar-refractivity contribution >= 4 is 29.3 Å². The zero-order valence-electron chi connectivity index (χ0n) is 12.3. The summed E-state index contributed by atoms with van der Waals surface area (Å²) >= 11 is 5.73. The molecule has 1 aromatic carbocycles. The lowest BCUT2D eigenvalue weighted by Gasteiger charge is -2.01. The van der Waals surface area contributed by atoms with Crippen molar-refractivity contribution in [1.29, 1.82) is 0 Å². The number of rotatable bonds is 5. The highest BCUT2D eigenvalue weighted by atomic mass is 35.5. The van der Waals surface area contributed by atoms with Crippen molar-refractivity contribution in [3.8, 4) is 0 Å². The maximum Gasteiger partial charge on any atom is 0.362 e. The first-order valence-electron chi connectivity index (χ1n) is 6.77. The van der Waals surface area contributed by atoms with Gasteiger partial charge in [-0.25, -0.2) is 14.1 Å². The average molecular weight is 366 g/mol. The second-order valence-corrected chi connectivity index (χ2v) is 5.22. The second-order valence-electron chi connectivity index (χ2n) is 4.84. The summed E-state index contributed by atoms with van der Waals surface area (Å²) < 4.78 is 14.5. The number of halogens is 2. The van der Waals surface area contributed by atoms with E-state index in [0.29, 0.717) is 5.56 Å². The molecule has 128 valence electrons. The molecule has 0 aliphatic carbocycles. The topological polar surface area (TPSA) is 132 Å². The molecule has 0 unspecified atom stereocenters. The number of aromatic nitrogens is 5. The molecule has 2 N–H and O–H groups in total. The first kappa shape index (κ1) is 16.5. The number of nitrogens with one attached hydrogen (secondary N) is 2. The van der Waals surface area contributed by atoms with E-state index in [1.54, 1.807) is 12.1 Å². The number of H-pyrrole nitrogens is 1. The lowest BCUT2D eigenvalue weighted by Crippen LogP contribution is -2.14. The second kappa shape index (κ2) is 6.65. The van der Waals surface area contributed by atoms with E-state index in [4.69, 9.17) is 11.6 Å². The van der Waals surface area contributed by atoms with Crippen molar-refractivity contribution in [3.05, 3.63) is 62.8 Å². The van der Waals surface area contributed by atoms with Crippen molar-refractivity contribution in [3.63, 3.8) is 0 Å². The van der Waals surface area contributed by atoms with Gasteiger partial charge >= 0.3 is 5.82 Å². The molecule has 0 saturated carbocycles. The van der Waals surface area contributed by atoms with Gasteiger partial charge in [0.2, 0.25) is 5.95 Å². The van der Waals surface area contributed by atoms with Gasteiger partial charge in [0.25, 0.3) is 5.91 Å². The molecule has 0 fully saturated rings. The van der Waals surface area contributed by atoms with Crippen LogP contribution in [0, 0.1) is 15.9 Å². The zero-order chi connectivity index (χ0) is 18.0. The number of nitrogens with zero attached hydrogens (tertiary/aromatic N) is 5. The van der Waals surface area contributed by atoms with Crippen LogP contribution in [0.25, 0.3) is 0 Å². The minimum atomic E-state index is -0.808. The van der Waals surface area contributed by atoms with Crippen molar-refractivity contribution in [2.45, 2.75) is 6.54 Å². The van der Waals surface area contributed by atoms with Crippen LogP contribution in [-0.4, -0.2) is 35.8 Å². The molecule has 0 spiro atoms. The highest BCUT2D eigenvalue weighted by molar-refractivity contribution is 6.35. The molecule has 25 heavy (non-hydrogen) atoms. The van der Waals surface area contributed by atoms with Gasteiger partial charge in [-0.1, -0.05) is 28.8 Å². The molecule has 0 aliphatic heterocycles. The number of amides is 1. The molecule has 3 aromatic rings. The summed E-state index contributed by atoms with van der Waals surface area (Å²) in [5.41, 5.74) is 0.309. The maximum absolute atomic E-state index is 13.2. The van der Waals surface area contributed by atoms with Crippen LogP contribution in [0.1, 0.15) is 16.1 Å². The number of carbonyl (C=O) groups is 1. The Kier molecular flexibility index (Phi) is 4.39. The Hall–Kier alpha value is -3.34. The molecule has 2 aromatic heterocycles. The minimum absolute atomic E-state index is 0.0527. The molecule has 2 heterocycles. The Morgan fingerprint density at radius 1 is 1.48 bits per heavy atom. The molecule has 0 atom stereocenters. The predicted molar refractivity (Wildman–Crippen MR) is 83.7 cm³/mol. The molecule has 0 bridgehead atoms. The van der Waals surface area contributed by atoms with E-state index in [0.717, 1.165) is 0 Å². The number of aromatic amines is 1. The van der Waals surface area contributed by atoms with Gasteiger partial charge < -0.3 is 10.1 Å². The van der Waals surface area contributed by atoms with Gasteiger partial charge in [0, 0.05) is 0 Å². The summed E-state index contributed by atoms with van der Waals surface area (Å²) in [6.07, 6.45) is 1.34. The van der Waals surface area contributed by atoms with Crippen LogP contribution in [0.3, 0.4) is 0 Å². The van der Waals surface area contributed by atoms with Crippen molar-refractivity contribution in [2.75, 3.05) is 5.32 Å². The molecular formula is C13H9ClFN7O3. The van der Waals surface area contributed by atoms with E-state index in [1.807, 2.05) is 0 Å². The van der Waals surface area contributed by atoms with Crippen LogP contribution < -0.4 is 5.32 Å². The van der Waals surface area contributed by atoms with Gasteiger partial charge in [0.1, 0.15) is 12.1 Å². The van der Waals surface area contributed by atoms with Crippen LogP contribution in [0.5, 0.6) is 0 Å². The van der Waals surface area contributed by atoms with E-state index in [-0.39, 0.29) is 24.0 Å². The van der Waals surface area contributed by atoms with Gasteiger partial charge in [-0.2, -0.15) is 0 Å². The number of nitro groups is 1. The number of carbonyl (C=O) groups excluding carboxylic acids is 1. The monoisotopic (exact) mass is 365 g/mol. The molecule has 10 nitrogen and oxygen atoms in total. The molecule has 1 amide bonds. The SMILES string of the molecule is O=C(Nc1ncn(Cc2cccc(F)c2)n1)c1n[nH]c([N+](=O)[O-])c1Cl. The van der Waals surface area contributed by atoms with Crippen LogP contribution in [0.4, 0.5) is 16.2 Å². The average Bonchev–Trinajstić information content (AvgIpc) is 3.14. The van der Waals surface area contributed by atoms with E-state index in [2.05, 4.69) is 25.6 Å². The highest BCUT2D eigenvalue weighted by Crippen LogP contribution is 2.25. The number of hydrogen-bond donors (Lipinski definition) is 2. The summed E-state index contributed by atoms with van der Waals surface area (Å²) in [6, 6.07) is 5.95. The largest absolute Gasteiger partial charge is 0.362 e. The normalized spacial score (nSPS) is 10.6. The summed E-state index contributed by atoms with van der Waals surface area (Å²) in [4.78, 5) is 25.8. The van der Waals surface area contributed by atoms with Gasteiger partial charge in [-0.3, -0.25) is 10.1 Å². The third-order valence-corrected chi connectivity index (χ3v) is 3.44. The number of benzene rings is 1. The molecule has 0 saturated heterocycles.